The van der Waals surface area contributed by atoms with Gasteiger partial charge in [-0.3, -0.25) is 14.4 Å². The van der Waals surface area contributed by atoms with Gasteiger partial charge in [-0.25, -0.2) is 0 Å². The second-order valence-corrected chi connectivity index (χ2v) is 5.79. The fraction of sp³-hybridized carbons (Fsp3) is 0.471. The zero-order valence-corrected chi connectivity index (χ0v) is 13.8. The summed E-state index contributed by atoms with van der Waals surface area (Å²) in [5, 5.41) is 2.64. The number of benzene rings is 1. The predicted molar refractivity (Wildman–Crippen MR) is 88.2 cm³/mol. The smallest absolute Gasteiger partial charge is 0.311 e. The summed E-state index contributed by atoms with van der Waals surface area (Å²) in [5.74, 6) is -0.974. The van der Waals surface area contributed by atoms with Crippen LogP contribution in [0.4, 0.5) is 0 Å². The first kappa shape index (κ1) is 17.8. The Morgan fingerprint density at radius 1 is 1.25 bits per heavy atom. The number of rotatable bonds is 5. The molecule has 2 rings (SSSR count). The van der Waals surface area contributed by atoms with Gasteiger partial charge in [0.2, 0.25) is 5.91 Å². The van der Waals surface area contributed by atoms with E-state index in [1.165, 1.54) is 4.90 Å². The molecule has 0 bridgehead atoms. The SMILES string of the molecule is COc1ccccc1CCNC(=O)C(=O)N1CCC(C(N)=O)CC1. The molecule has 0 aliphatic carbocycles. The van der Waals surface area contributed by atoms with Gasteiger partial charge >= 0.3 is 11.8 Å². The first-order valence-corrected chi connectivity index (χ1v) is 8.01. The Balaban J connectivity index is 1.78. The van der Waals surface area contributed by atoms with Crippen LogP contribution in [0.25, 0.3) is 0 Å². The number of nitrogens with two attached hydrogens (primary N) is 1. The fourth-order valence-electron chi connectivity index (χ4n) is 2.81. The normalized spacial score (nSPS) is 15.0. The number of piperidine rings is 1. The number of nitrogens with one attached hydrogen (secondary N) is 1. The summed E-state index contributed by atoms with van der Waals surface area (Å²) in [6.07, 6.45) is 1.60. The van der Waals surface area contributed by atoms with E-state index in [2.05, 4.69) is 5.32 Å². The maximum absolute atomic E-state index is 12.1. The van der Waals surface area contributed by atoms with E-state index in [1.807, 2.05) is 24.3 Å². The summed E-state index contributed by atoms with van der Waals surface area (Å²) in [6.45, 7) is 1.11. The number of hydrogen-bond donors (Lipinski definition) is 2. The topological polar surface area (TPSA) is 102 Å². The Hall–Kier alpha value is -2.57. The molecule has 1 aromatic rings. The molecule has 1 heterocycles. The Morgan fingerprint density at radius 3 is 2.54 bits per heavy atom. The zero-order valence-electron chi connectivity index (χ0n) is 13.8. The minimum absolute atomic E-state index is 0.206. The van der Waals surface area contributed by atoms with E-state index < -0.39 is 11.8 Å². The van der Waals surface area contributed by atoms with E-state index in [0.717, 1.165) is 11.3 Å². The molecule has 0 spiro atoms. The molecule has 130 valence electrons. The maximum atomic E-state index is 12.1. The highest BCUT2D eigenvalue weighted by molar-refractivity contribution is 6.35. The standard InChI is InChI=1S/C17H23N3O4/c1-24-14-5-3-2-4-12(14)6-9-19-16(22)17(23)20-10-7-13(8-11-20)15(18)21/h2-5,13H,6-11H2,1H3,(H2,18,21)(H,19,22). The molecule has 7 heteroatoms. The van der Waals surface area contributed by atoms with E-state index in [-0.39, 0.29) is 11.8 Å². The number of carbonyl (C=O) groups excluding carboxylic acids is 3. The van der Waals surface area contributed by atoms with Crippen molar-refractivity contribution in [3.05, 3.63) is 29.8 Å². The van der Waals surface area contributed by atoms with E-state index in [4.69, 9.17) is 10.5 Å². The molecule has 0 radical (unpaired) electrons. The van der Waals surface area contributed by atoms with Crippen LogP contribution in [0.1, 0.15) is 18.4 Å². The van der Waals surface area contributed by atoms with Gasteiger partial charge in [-0.2, -0.15) is 0 Å². The van der Waals surface area contributed by atoms with Gasteiger partial charge < -0.3 is 20.7 Å². The van der Waals surface area contributed by atoms with Crippen molar-refractivity contribution in [2.45, 2.75) is 19.3 Å². The number of methoxy groups -OCH3 is 1. The number of nitrogens with zero attached hydrogens (tertiary/aromatic N) is 1. The zero-order chi connectivity index (χ0) is 17.5. The molecule has 1 saturated heterocycles. The van der Waals surface area contributed by atoms with Gasteiger partial charge in [0.15, 0.2) is 0 Å². The molecule has 0 saturated carbocycles. The average Bonchev–Trinajstić information content (AvgIpc) is 2.61. The average molecular weight is 333 g/mol. The van der Waals surface area contributed by atoms with E-state index >= 15 is 0 Å². The van der Waals surface area contributed by atoms with Gasteiger partial charge in [-0.15, -0.1) is 0 Å². The van der Waals surface area contributed by atoms with Crippen molar-refractivity contribution in [2.75, 3.05) is 26.7 Å². The van der Waals surface area contributed by atoms with Crippen LogP contribution in [0.3, 0.4) is 0 Å². The number of para-hydroxylation sites is 1. The van der Waals surface area contributed by atoms with Crippen molar-refractivity contribution in [2.24, 2.45) is 11.7 Å². The van der Waals surface area contributed by atoms with Gasteiger partial charge in [-0.1, -0.05) is 18.2 Å². The van der Waals surface area contributed by atoms with E-state index in [9.17, 15) is 14.4 Å². The second kappa shape index (κ2) is 8.33. The van der Waals surface area contributed by atoms with Gasteiger partial charge in [0.25, 0.3) is 0 Å². The van der Waals surface area contributed by atoms with Gasteiger partial charge in [0, 0.05) is 25.6 Å². The number of likely N-dealkylation sites (tertiary alicyclic amines) is 1. The molecule has 0 unspecified atom stereocenters. The van der Waals surface area contributed by atoms with E-state index in [0.29, 0.717) is 38.9 Å². The van der Waals surface area contributed by atoms with Crippen molar-refractivity contribution in [1.29, 1.82) is 0 Å². The maximum Gasteiger partial charge on any atom is 0.311 e. The van der Waals surface area contributed by atoms with Crippen molar-refractivity contribution in [3.63, 3.8) is 0 Å². The second-order valence-electron chi connectivity index (χ2n) is 5.79. The Labute approximate surface area is 141 Å². The van der Waals surface area contributed by atoms with Gasteiger partial charge in [0.05, 0.1) is 7.11 Å². The number of primary amides is 1. The van der Waals surface area contributed by atoms with Crippen molar-refractivity contribution >= 4 is 17.7 Å². The minimum atomic E-state index is -0.623. The number of amides is 3. The molecule has 7 nitrogen and oxygen atoms in total. The first-order valence-electron chi connectivity index (χ1n) is 8.01. The lowest BCUT2D eigenvalue weighted by atomic mass is 9.96. The molecule has 24 heavy (non-hydrogen) atoms. The molecule has 0 aromatic heterocycles. The van der Waals surface area contributed by atoms with Crippen molar-refractivity contribution in [1.82, 2.24) is 10.2 Å². The third-order valence-electron chi connectivity index (χ3n) is 4.25. The van der Waals surface area contributed by atoms with Crippen molar-refractivity contribution < 1.29 is 19.1 Å². The third-order valence-corrected chi connectivity index (χ3v) is 4.25. The monoisotopic (exact) mass is 333 g/mol. The van der Waals surface area contributed by atoms with Crippen LogP contribution in [0.15, 0.2) is 24.3 Å². The van der Waals surface area contributed by atoms with Crippen LogP contribution in [0.2, 0.25) is 0 Å². The summed E-state index contributed by atoms with van der Waals surface area (Å²) in [6, 6.07) is 7.54. The highest BCUT2D eigenvalue weighted by atomic mass is 16.5. The molecular weight excluding hydrogens is 310 g/mol. The molecule has 1 aliphatic heterocycles. The van der Waals surface area contributed by atoms with Crippen LogP contribution in [0.5, 0.6) is 5.75 Å². The van der Waals surface area contributed by atoms with Crippen LogP contribution < -0.4 is 15.8 Å². The summed E-state index contributed by atoms with van der Waals surface area (Å²) in [4.78, 5) is 36.7. The lowest BCUT2D eigenvalue weighted by Gasteiger charge is -2.29. The quantitative estimate of drug-likeness (QED) is 0.745. The summed E-state index contributed by atoms with van der Waals surface area (Å²) in [5.41, 5.74) is 6.23. The Morgan fingerprint density at radius 2 is 1.92 bits per heavy atom. The molecule has 1 aliphatic rings. The number of hydrogen-bond acceptors (Lipinski definition) is 4. The van der Waals surface area contributed by atoms with Gasteiger partial charge in [-0.05, 0) is 30.9 Å². The molecule has 1 fully saturated rings. The highest BCUT2D eigenvalue weighted by Gasteiger charge is 2.28. The van der Waals surface area contributed by atoms with Gasteiger partial charge in [0.1, 0.15) is 5.75 Å². The first-order chi connectivity index (χ1) is 11.5. The summed E-state index contributed by atoms with van der Waals surface area (Å²) in [7, 11) is 1.59. The van der Waals surface area contributed by atoms with Crippen LogP contribution in [-0.4, -0.2) is 49.4 Å². The molecule has 1 aromatic carbocycles. The summed E-state index contributed by atoms with van der Waals surface area (Å²) < 4.78 is 5.25. The fourth-order valence-corrected chi connectivity index (χ4v) is 2.81. The lowest BCUT2D eigenvalue weighted by Crippen LogP contribution is -2.48. The highest BCUT2D eigenvalue weighted by Crippen LogP contribution is 2.18. The molecule has 0 atom stereocenters. The molecular formula is C17H23N3O4. The van der Waals surface area contributed by atoms with E-state index in [1.54, 1.807) is 7.11 Å². The Bertz CT molecular complexity index is 610. The molecule has 3 amide bonds. The Kier molecular flexibility index (Phi) is 6.17. The lowest BCUT2D eigenvalue weighted by molar-refractivity contribution is -0.147. The van der Waals surface area contributed by atoms with Crippen LogP contribution >= 0.6 is 0 Å². The number of carbonyl (C=O) groups is 3. The van der Waals surface area contributed by atoms with Crippen LogP contribution in [-0.2, 0) is 20.8 Å². The number of ether oxygens (including phenoxy) is 1. The molecule has 3 N–H and O–H groups in total. The summed E-state index contributed by atoms with van der Waals surface area (Å²) >= 11 is 0. The minimum Gasteiger partial charge on any atom is -0.496 e. The third kappa shape index (κ3) is 4.47. The van der Waals surface area contributed by atoms with Crippen molar-refractivity contribution in [3.8, 4) is 5.75 Å². The largest absolute Gasteiger partial charge is 0.496 e. The van der Waals surface area contributed by atoms with Crippen LogP contribution in [0, 0.1) is 5.92 Å². The predicted octanol–water partition coefficient (Wildman–Crippen LogP) is 0.0778.